The highest BCUT2D eigenvalue weighted by molar-refractivity contribution is 7.98. The Balaban J connectivity index is 2.21. The van der Waals surface area contributed by atoms with Crippen molar-refractivity contribution in [2.75, 3.05) is 18.1 Å². The summed E-state index contributed by atoms with van der Waals surface area (Å²) in [5.41, 5.74) is 8.34. The van der Waals surface area contributed by atoms with Crippen LogP contribution in [0.5, 0.6) is 0 Å². The van der Waals surface area contributed by atoms with Crippen molar-refractivity contribution in [3.63, 3.8) is 0 Å². The lowest BCUT2D eigenvalue weighted by Gasteiger charge is -2.05. The van der Waals surface area contributed by atoms with Gasteiger partial charge in [0.1, 0.15) is 5.82 Å². The van der Waals surface area contributed by atoms with E-state index in [2.05, 4.69) is 16.5 Å². The van der Waals surface area contributed by atoms with Gasteiger partial charge in [0.05, 0.1) is 5.69 Å². The first-order valence-corrected chi connectivity index (χ1v) is 7.24. The first-order chi connectivity index (χ1) is 9.22. The number of anilines is 1. The maximum Gasteiger partial charge on any atom is 0.341 e. The molecule has 0 fully saturated rings. The molecule has 2 aromatic rings. The molecule has 5 nitrogen and oxygen atoms in total. The largest absolute Gasteiger partial charge is 0.369 e. The van der Waals surface area contributed by atoms with Crippen molar-refractivity contribution in [2.45, 2.75) is 11.3 Å². The maximum absolute atomic E-state index is 11.4. The van der Waals surface area contributed by atoms with E-state index in [9.17, 15) is 4.79 Å². The number of rotatable bonds is 2. The normalized spacial score (nSPS) is 13.1. The van der Waals surface area contributed by atoms with E-state index in [1.54, 1.807) is 11.8 Å². The van der Waals surface area contributed by atoms with Crippen molar-refractivity contribution in [3.8, 4) is 11.3 Å². The minimum atomic E-state index is -0.557. The van der Waals surface area contributed by atoms with E-state index in [0.717, 1.165) is 40.5 Å². The highest BCUT2D eigenvalue weighted by Crippen LogP contribution is 2.36. The monoisotopic (exact) mass is 274 g/mol. The molecule has 3 rings (SSSR count). The third kappa shape index (κ3) is 1.88. The predicted molar refractivity (Wildman–Crippen MR) is 76.6 cm³/mol. The molecule has 1 aliphatic rings. The number of thioether (sulfide) groups is 1. The Morgan fingerprint density at radius 1 is 1.47 bits per heavy atom. The molecule has 0 saturated heterocycles. The molecule has 6 heteroatoms. The Morgan fingerprint density at radius 2 is 2.26 bits per heavy atom. The number of nitrogens with two attached hydrogens (primary N) is 1. The number of nitrogens with zero attached hydrogens (tertiary/aromatic N) is 2. The van der Waals surface area contributed by atoms with Gasteiger partial charge >= 0.3 is 6.03 Å². The molecule has 19 heavy (non-hydrogen) atoms. The van der Waals surface area contributed by atoms with Crippen LogP contribution in [0, 0.1) is 0 Å². The summed E-state index contributed by atoms with van der Waals surface area (Å²) in [6, 6.07) is 7.50. The van der Waals surface area contributed by atoms with Crippen LogP contribution in [-0.4, -0.2) is 28.6 Å². The van der Waals surface area contributed by atoms with E-state index in [1.807, 2.05) is 24.5 Å². The molecule has 0 radical (unpaired) electrons. The standard InChI is InChI=1S/C13H14N4OS/c1-19-10-5-3-2-4-8(10)11-9-6-7-15-12(9)17(16-11)13(14)18/h2-5,15H,6-7H2,1H3,(H2,14,18). The second kappa shape index (κ2) is 4.62. The van der Waals surface area contributed by atoms with Crippen molar-refractivity contribution in [1.29, 1.82) is 0 Å². The molecule has 0 spiro atoms. The number of hydrogen-bond donors (Lipinski definition) is 2. The van der Waals surface area contributed by atoms with Crippen molar-refractivity contribution in [2.24, 2.45) is 5.73 Å². The van der Waals surface area contributed by atoms with Gasteiger partial charge in [0.15, 0.2) is 0 Å². The highest BCUT2D eigenvalue weighted by Gasteiger charge is 2.25. The van der Waals surface area contributed by atoms with Crippen LogP contribution in [0.25, 0.3) is 11.3 Å². The quantitative estimate of drug-likeness (QED) is 0.823. The van der Waals surface area contributed by atoms with Crippen molar-refractivity contribution in [3.05, 3.63) is 29.8 Å². The first kappa shape index (κ1) is 12.1. The van der Waals surface area contributed by atoms with Crippen LogP contribution in [0.1, 0.15) is 5.56 Å². The molecule has 0 atom stereocenters. The molecule has 1 aromatic heterocycles. The Bertz CT molecular complexity index is 650. The molecule has 2 heterocycles. The van der Waals surface area contributed by atoms with Gasteiger partial charge in [-0.3, -0.25) is 0 Å². The second-order valence-corrected chi connectivity index (χ2v) is 5.15. The Kier molecular flexibility index (Phi) is 2.94. The minimum Gasteiger partial charge on any atom is -0.369 e. The van der Waals surface area contributed by atoms with E-state index < -0.39 is 6.03 Å². The lowest BCUT2D eigenvalue weighted by Crippen LogP contribution is -2.22. The maximum atomic E-state index is 11.4. The first-order valence-electron chi connectivity index (χ1n) is 6.01. The van der Waals surface area contributed by atoms with Crippen molar-refractivity contribution >= 4 is 23.6 Å². The van der Waals surface area contributed by atoms with Gasteiger partial charge in [-0.25, -0.2) is 4.79 Å². The van der Waals surface area contributed by atoms with Crippen LogP contribution in [0.4, 0.5) is 10.6 Å². The SMILES string of the molecule is CSc1ccccc1-c1nn(C(N)=O)c2c1CCN2. The number of nitrogens with one attached hydrogen (secondary N) is 1. The zero-order valence-electron chi connectivity index (χ0n) is 10.5. The number of carbonyl (C=O) groups excluding carboxylic acids is 1. The van der Waals surface area contributed by atoms with Crippen LogP contribution in [-0.2, 0) is 6.42 Å². The molecule has 0 bridgehead atoms. The summed E-state index contributed by atoms with van der Waals surface area (Å²) in [5, 5.41) is 7.55. The third-order valence-electron chi connectivity index (χ3n) is 3.22. The number of carbonyl (C=O) groups is 1. The van der Waals surface area contributed by atoms with Gasteiger partial charge in [-0.15, -0.1) is 11.8 Å². The molecule has 0 unspecified atom stereocenters. The summed E-state index contributed by atoms with van der Waals surface area (Å²) in [7, 11) is 0. The summed E-state index contributed by atoms with van der Waals surface area (Å²) in [6.07, 6.45) is 2.89. The summed E-state index contributed by atoms with van der Waals surface area (Å²) in [6.45, 7) is 0.814. The van der Waals surface area contributed by atoms with Gasteiger partial charge in [-0.1, -0.05) is 18.2 Å². The molecular formula is C13H14N4OS. The van der Waals surface area contributed by atoms with Gasteiger partial charge in [0.2, 0.25) is 0 Å². The number of benzene rings is 1. The summed E-state index contributed by atoms with van der Waals surface area (Å²) >= 11 is 1.67. The van der Waals surface area contributed by atoms with Gasteiger partial charge < -0.3 is 11.1 Å². The van der Waals surface area contributed by atoms with E-state index in [1.165, 1.54) is 4.68 Å². The smallest absolute Gasteiger partial charge is 0.341 e. The van der Waals surface area contributed by atoms with Crippen molar-refractivity contribution < 1.29 is 4.79 Å². The zero-order chi connectivity index (χ0) is 13.4. The number of amides is 1. The van der Waals surface area contributed by atoms with Crippen LogP contribution in [0.2, 0.25) is 0 Å². The van der Waals surface area contributed by atoms with Gasteiger partial charge in [-0.2, -0.15) is 9.78 Å². The summed E-state index contributed by atoms with van der Waals surface area (Å²) in [4.78, 5) is 12.6. The van der Waals surface area contributed by atoms with Gasteiger partial charge in [0, 0.05) is 22.6 Å². The third-order valence-corrected chi connectivity index (χ3v) is 4.02. The second-order valence-electron chi connectivity index (χ2n) is 4.30. The van der Waals surface area contributed by atoms with Crippen LogP contribution in [0.15, 0.2) is 29.2 Å². The van der Waals surface area contributed by atoms with Gasteiger partial charge in [0.25, 0.3) is 0 Å². The number of fused-ring (bicyclic) bond motifs is 1. The molecule has 3 N–H and O–H groups in total. The minimum absolute atomic E-state index is 0.557. The Hall–Kier alpha value is -1.95. The number of aromatic nitrogens is 2. The molecule has 98 valence electrons. The lowest BCUT2D eigenvalue weighted by atomic mass is 10.1. The summed E-state index contributed by atoms with van der Waals surface area (Å²) < 4.78 is 1.26. The molecule has 1 amide bonds. The molecule has 1 aliphatic heterocycles. The average molecular weight is 274 g/mol. The lowest BCUT2D eigenvalue weighted by molar-refractivity contribution is 0.248. The van der Waals surface area contributed by atoms with E-state index >= 15 is 0 Å². The zero-order valence-corrected chi connectivity index (χ0v) is 11.3. The van der Waals surface area contributed by atoms with Crippen LogP contribution in [0.3, 0.4) is 0 Å². The van der Waals surface area contributed by atoms with Crippen LogP contribution >= 0.6 is 11.8 Å². The van der Waals surface area contributed by atoms with E-state index in [0.29, 0.717) is 0 Å². The fourth-order valence-corrected chi connectivity index (χ4v) is 2.99. The van der Waals surface area contributed by atoms with E-state index in [4.69, 9.17) is 5.73 Å². The number of hydrogen-bond acceptors (Lipinski definition) is 4. The Labute approximate surface area is 115 Å². The molecule has 1 aromatic carbocycles. The predicted octanol–water partition coefficient (Wildman–Crippen LogP) is 2.17. The van der Waals surface area contributed by atoms with Crippen LogP contribution < -0.4 is 11.1 Å². The summed E-state index contributed by atoms with van der Waals surface area (Å²) in [5.74, 6) is 0.735. The average Bonchev–Trinajstić information content (AvgIpc) is 2.99. The Morgan fingerprint density at radius 3 is 3.00 bits per heavy atom. The van der Waals surface area contributed by atoms with E-state index in [-0.39, 0.29) is 0 Å². The fourth-order valence-electron chi connectivity index (χ4n) is 2.39. The number of primary amides is 1. The fraction of sp³-hybridized carbons (Fsp3) is 0.231. The molecular weight excluding hydrogens is 260 g/mol. The van der Waals surface area contributed by atoms with Crippen molar-refractivity contribution in [1.82, 2.24) is 9.78 Å². The molecule has 0 aliphatic carbocycles. The van der Waals surface area contributed by atoms with Gasteiger partial charge in [-0.05, 0) is 18.7 Å². The molecule has 0 saturated carbocycles. The highest BCUT2D eigenvalue weighted by atomic mass is 32.2. The topological polar surface area (TPSA) is 72.9 Å².